The second kappa shape index (κ2) is 12.4. The van der Waals surface area contributed by atoms with Crippen LogP contribution in [-0.2, 0) is 0 Å². The Balaban J connectivity index is 1.24. The van der Waals surface area contributed by atoms with Gasteiger partial charge in [0, 0.05) is 37.9 Å². The van der Waals surface area contributed by atoms with E-state index in [1.165, 1.54) is 25.3 Å². The molecule has 9 heteroatoms. The van der Waals surface area contributed by atoms with E-state index in [4.69, 9.17) is 4.74 Å². The van der Waals surface area contributed by atoms with Crippen molar-refractivity contribution in [1.29, 1.82) is 0 Å². The van der Waals surface area contributed by atoms with Crippen molar-refractivity contribution in [2.45, 2.75) is 64.0 Å². The molecule has 0 saturated carbocycles. The number of piperidine rings is 1. The van der Waals surface area contributed by atoms with Crippen LogP contribution in [0, 0.1) is 5.82 Å². The monoisotopic (exact) mass is 611 g/mol. The molecule has 2 N–H and O–H groups in total. The van der Waals surface area contributed by atoms with Crippen molar-refractivity contribution in [3.8, 4) is 17.2 Å². The molecule has 7 rings (SSSR count). The van der Waals surface area contributed by atoms with Crippen LogP contribution in [0.2, 0.25) is 0 Å². The summed E-state index contributed by atoms with van der Waals surface area (Å²) in [7, 11) is 2.10. The van der Waals surface area contributed by atoms with Gasteiger partial charge in [-0.1, -0.05) is 30.7 Å². The summed E-state index contributed by atoms with van der Waals surface area (Å²) in [5, 5.41) is 8.35. The van der Waals surface area contributed by atoms with Crippen LogP contribution in [0.1, 0.15) is 62.2 Å². The number of carbonyl (C=O) groups is 1. The predicted octanol–water partition coefficient (Wildman–Crippen LogP) is 6.28. The Labute approximate surface area is 263 Å². The van der Waals surface area contributed by atoms with Crippen molar-refractivity contribution in [2.24, 2.45) is 0 Å². The third-order valence-corrected chi connectivity index (χ3v) is 10.0. The van der Waals surface area contributed by atoms with E-state index in [9.17, 15) is 9.59 Å². The number of halogens is 1. The van der Waals surface area contributed by atoms with E-state index in [2.05, 4.69) is 34.4 Å². The number of likely N-dealkylation sites (tertiary alicyclic amines) is 2. The molecule has 3 aliphatic heterocycles. The molecule has 2 saturated heterocycles. The van der Waals surface area contributed by atoms with Gasteiger partial charge in [-0.2, -0.15) is 0 Å². The van der Waals surface area contributed by atoms with Gasteiger partial charge in [0.25, 0.3) is 5.91 Å². The first-order chi connectivity index (χ1) is 21.9. The van der Waals surface area contributed by atoms with Crippen LogP contribution in [0.5, 0.6) is 11.5 Å². The molecule has 236 valence electrons. The molecule has 3 aliphatic rings. The van der Waals surface area contributed by atoms with E-state index in [1.54, 1.807) is 6.20 Å². The van der Waals surface area contributed by atoms with Gasteiger partial charge in [0.1, 0.15) is 16.8 Å². The highest BCUT2D eigenvalue weighted by molar-refractivity contribution is 6.02. The molecule has 1 aromatic heterocycles. The van der Waals surface area contributed by atoms with Gasteiger partial charge in [-0.15, -0.1) is 0 Å². The second-order valence-electron chi connectivity index (χ2n) is 13.0. The third-order valence-electron chi connectivity index (χ3n) is 10.0. The van der Waals surface area contributed by atoms with E-state index in [0.29, 0.717) is 42.1 Å². The highest BCUT2D eigenvalue weighted by Crippen LogP contribution is 2.46. The van der Waals surface area contributed by atoms with Gasteiger partial charge in [-0.3, -0.25) is 9.59 Å². The number of benzene rings is 3. The molecule has 0 bridgehead atoms. The Hall–Kier alpha value is -3.95. The van der Waals surface area contributed by atoms with Crippen molar-refractivity contribution in [3.63, 3.8) is 0 Å². The summed E-state index contributed by atoms with van der Waals surface area (Å²) < 4.78 is 24.2. The molecule has 1 amide bonds. The molecule has 45 heavy (non-hydrogen) atoms. The maximum Gasteiger partial charge on any atom is 0.256 e. The number of hydrogen-bond acceptors (Lipinski definition) is 6. The highest BCUT2D eigenvalue weighted by Gasteiger charge is 2.29. The van der Waals surface area contributed by atoms with Crippen LogP contribution in [-0.4, -0.2) is 72.1 Å². The lowest BCUT2D eigenvalue weighted by atomic mass is 10.0. The normalized spacial score (nSPS) is 19.9. The molecule has 4 aromatic rings. The van der Waals surface area contributed by atoms with Crippen LogP contribution in [0.25, 0.3) is 27.4 Å². The van der Waals surface area contributed by atoms with E-state index in [0.717, 1.165) is 56.1 Å². The van der Waals surface area contributed by atoms with Crippen LogP contribution < -0.4 is 20.8 Å². The molecule has 2 atom stereocenters. The Kier molecular flexibility index (Phi) is 8.23. The zero-order valence-electron chi connectivity index (χ0n) is 26.2. The number of aromatic nitrogens is 1. The van der Waals surface area contributed by atoms with Gasteiger partial charge in [0.2, 0.25) is 5.43 Å². The first kappa shape index (κ1) is 29.7. The molecule has 3 aromatic carbocycles. The number of hydrogen-bond donors (Lipinski definition) is 2. The number of rotatable bonds is 9. The molecule has 0 aliphatic carbocycles. The van der Waals surface area contributed by atoms with E-state index in [1.807, 2.05) is 41.0 Å². The van der Waals surface area contributed by atoms with Crippen molar-refractivity contribution in [3.05, 3.63) is 70.3 Å². The number of fused-ring (bicyclic) bond motifs is 3. The molecular weight excluding hydrogens is 569 g/mol. The van der Waals surface area contributed by atoms with E-state index >= 15 is 4.39 Å². The number of carbonyl (C=O) groups excluding carboxylic acids is 1. The largest absolute Gasteiger partial charge is 0.451 e. The van der Waals surface area contributed by atoms with Crippen molar-refractivity contribution in [2.75, 3.05) is 45.1 Å². The fourth-order valence-corrected chi connectivity index (χ4v) is 7.41. The molecule has 2 unspecified atom stereocenters. The Bertz CT molecular complexity index is 1820. The maximum atomic E-state index is 15.9. The summed E-state index contributed by atoms with van der Waals surface area (Å²) in [6.07, 6.45) is 9.24. The minimum absolute atomic E-state index is 0.00926. The van der Waals surface area contributed by atoms with Gasteiger partial charge in [-0.05, 0) is 94.6 Å². The Morgan fingerprint density at radius 1 is 1.04 bits per heavy atom. The number of pyridine rings is 1. The second-order valence-corrected chi connectivity index (χ2v) is 13.0. The van der Waals surface area contributed by atoms with Gasteiger partial charge >= 0.3 is 0 Å². The zero-order chi connectivity index (χ0) is 31.1. The third kappa shape index (κ3) is 5.68. The summed E-state index contributed by atoms with van der Waals surface area (Å²) in [6.45, 7) is 6.41. The van der Waals surface area contributed by atoms with E-state index in [-0.39, 0.29) is 22.4 Å². The summed E-state index contributed by atoms with van der Waals surface area (Å²) >= 11 is 0. The van der Waals surface area contributed by atoms with Crippen LogP contribution in [0.3, 0.4) is 0 Å². The Morgan fingerprint density at radius 3 is 2.64 bits per heavy atom. The molecule has 4 heterocycles. The number of nitrogens with zero attached hydrogens (tertiary/aromatic N) is 3. The highest BCUT2D eigenvalue weighted by atomic mass is 19.1. The number of anilines is 1. The van der Waals surface area contributed by atoms with Gasteiger partial charge in [-0.25, -0.2) is 4.39 Å². The minimum atomic E-state index is -0.571. The number of amides is 1. The van der Waals surface area contributed by atoms with Crippen molar-refractivity contribution in [1.82, 2.24) is 19.7 Å². The summed E-state index contributed by atoms with van der Waals surface area (Å²) in [5.74, 6) is -0.209. The lowest BCUT2D eigenvalue weighted by Crippen LogP contribution is -2.38. The average molecular weight is 612 g/mol. The van der Waals surface area contributed by atoms with Gasteiger partial charge in [0.15, 0.2) is 17.3 Å². The smallest absolute Gasteiger partial charge is 0.256 e. The summed E-state index contributed by atoms with van der Waals surface area (Å²) in [4.78, 5) is 32.1. The fourth-order valence-electron chi connectivity index (χ4n) is 7.41. The fraction of sp³-hybridized carbons (Fsp3) is 0.444. The number of nitrogens with one attached hydrogen (secondary N) is 2. The van der Waals surface area contributed by atoms with Crippen LogP contribution in [0.4, 0.5) is 10.1 Å². The molecule has 0 radical (unpaired) electrons. The summed E-state index contributed by atoms with van der Waals surface area (Å²) in [6, 6.07) is 14.1. The first-order valence-electron chi connectivity index (χ1n) is 16.5. The van der Waals surface area contributed by atoms with Crippen LogP contribution >= 0.6 is 0 Å². The van der Waals surface area contributed by atoms with E-state index < -0.39 is 17.2 Å². The first-order valence-corrected chi connectivity index (χ1v) is 16.5. The average Bonchev–Trinajstić information content (AvgIpc) is 3.45. The lowest BCUT2D eigenvalue weighted by Gasteiger charge is -2.33. The number of ether oxygens (including phenoxy) is 1. The van der Waals surface area contributed by atoms with Crippen molar-refractivity contribution >= 4 is 33.3 Å². The predicted molar refractivity (Wildman–Crippen MR) is 178 cm³/mol. The molecule has 0 spiro atoms. The standard InChI is InChI=1S/C36H42FN5O3/c1-23-9-5-6-17-41(23)18-8-14-38-32-29(37)21-27-33-35(32)45-31-20-25-11-4-3-10-24(25)19-30(31)42(33)22-28(34(27)43)36(44)39-15-13-26-12-7-16-40(26)2/h3-4,10-11,19-23,26,38H,5-9,12-18H2,1-2H3,(H,39,44). The van der Waals surface area contributed by atoms with Crippen LogP contribution in [0.15, 0.2) is 53.5 Å². The molecule has 8 nitrogen and oxygen atoms in total. The lowest BCUT2D eigenvalue weighted by molar-refractivity contribution is 0.0949. The SMILES string of the molecule is CC1CCCCN1CCCNc1c(F)cc2c(=O)c(C(=O)NCCC3CCCN3C)cn3c2c1Oc1cc2ccccc2cc1-3. The molecule has 2 fully saturated rings. The van der Waals surface area contributed by atoms with Gasteiger partial charge < -0.3 is 29.7 Å². The molecular formula is C36H42FN5O3. The summed E-state index contributed by atoms with van der Waals surface area (Å²) in [5.41, 5.74) is 0.879. The zero-order valence-corrected chi connectivity index (χ0v) is 26.2. The maximum absolute atomic E-state index is 15.9. The Morgan fingerprint density at radius 2 is 1.87 bits per heavy atom. The quantitative estimate of drug-likeness (QED) is 0.191. The minimum Gasteiger partial charge on any atom is -0.451 e. The topological polar surface area (TPSA) is 78.8 Å². The van der Waals surface area contributed by atoms with Crippen molar-refractivity contribution < 1.29 is 13.9 Å². The van der Waals surface area contributed by atoms with Gasteiger partial charge in [0.05, 0.1) is 11.1 Å².